The van der Waals surface area contributed by atoms with Crippen LogP contribution in [0.5, 0.6) is 0 Å². The highest BCUT2D eigenvalue weighted by Crippen LogP contribution is 2.31. The standard InChI is InChI=1S/C16H25NO/c1-15(2,16(3,4)17)14(18)12-8-11-13-9-6-5-7-10-13/h5-7,9-10H,8,11-12,17H2,1-4H3. The molecule has 0 aliphatic rings. The first kappa shape index (κ1) is 14.9. The summed E-state index contributed by atoms with van der Waals surface area (Å²) < 4.78 is 0. The van der Waals surface area contributed by atoms with Gasteiger partial charge in [-0.25, -0.2) is 0 Å². The van der Waals surface area contributed by atoms with Crippen LogP contribution in [0.2, 0.25) is 0 Å². The van der Waals surface area contributed by atoms with E-state index in [0.29, 0.717) is 6.42 Å². The summed E-state index contributed by atoms with van der Waals surface area (Å²) >= 11 is 0. The summed E-state index contributed by atoms with van der Waals surface area (Å²) in [6.45, 7) is 7.72. The molecule has 0 unspecified atom stereocenters. The third-order valence-electron chi connectivity index (χ3n) is 4.02. The Morgan fingerprint density at radius 1 is 1.11 bits per heavy atom. The molecule has 1 aromatic carbocycles. The third-order valence-corrected chi connectivity index (χ3v) is 4.02. The van der Waals surface area contributed by atoms with Crippen LogP contribution in [-0.2, 0) is 11.2 Å². The molecule has 0 saturated heterocycles. The second kappa shape index (κ2) is 5.66. The zero-order valence-electron chi connectivity index (χ0n) is 12.0. The van der Waals surface area contributed by atoms with Gasteiger partial charge < -0.3 is 5.73 Å². The first-order valence-electron chi connectivity index (χ1n) is 6.61. The number of carbonyl (C=O) groups is 1. The summed E-state index contributed by atoms with van der Waals surface area (Å²) in [6.07, 6.45) is 2.44. The van der Waals surface area contributed by atoms with Gasteiger partial charge in [0.1, 0.15) is 5.78 Å². The number of hydrogen-bond donors (Lipinski definition) is 1. The molecule has 0 fully saturated rings. The van der Waals surface area contributed by atoms with Crippen molar-refractivity contribution in [2.75, 3.05) is 0 Å². The molecule has 100 valence electrons. The SMILES string of the molecule is CC(C)(N)C(C)(C)C(=O)CCCc1ccccc1. The molecule has 0 saturated carbocycles. The van der Waals surface area contributed by atoms with Crippen molar-refractivity contribution in [2.45, 2.75) is 52.5 Å². The van der Waals surface area contributed by atoms with E-state index in [1.807, 2.05) is 45.9 Å². The largest absolute Gasteiger partial charge is 0.325 e. The molecule has 0 atom stereocenters. The van der Waals surface area contributed by atoms with Gasteiger partial charge in [0.15, 0.2) is 0 Å². The average Bonchev–Trinajstić information content (AvgIpc) is 2.28. The Bertz CT molecular complexity index is 387. The van der Waals surface area contributed by atoms with Crippen LogP contribution in [0.4, 0.5) is 0 Å². The van der Waals surface area contributed by atoms with Crippen LogP contribution in [0.25, 0.3) is 0 Å². The Morgan fingerprint density at radius 3 is 2.17 bits per heavy atom. The number of benzene rings is 1. The molecule has 0 spiro atoms. The lowest BCUT2D eigenvalue weighted by molar-refractivity contribution is -0.130. The predicted octanol–water partition coefficient (Wildman–Crippen LogP) is 3.34. The molecular formula is C16H25NO. The van der Waals surface area contributed by atoms with E-state index in [1.165, 1.54) is 5.56 Å². The van der Waals surface area contributed by atoms with Crippen molar-refractivity contribution in [3.8, 4) is 0 Å². The summed E-state index contributed by atoms with van der Waals surface area (Å²) in [4.78, 5) is 12.2. The number of rotatable bonds is 6. The topological polar surface area (TPSA) is 43.1 Å². The van der Waals surface area contributed by atoms with Crippen molar-refractivity contribution in [2.24, 2.45) is 11.1 Å². The molecule has 2 heteroatoms. The molecule has 1 aromatic rings. The van der Waals surface area contributed by atoms with Crippen molar-refractivity contribution >= 4 is 5.78 Å². The molecule has 0 heterocycles. The van der Waals surface area contributed by atoms with Gasteiger partial charge in [-0.2, -0.15) is 0 Å². The Kier molecular flexibility index (Phi) is 4.69. The molecule has 2 nitrogen and oxygen atoms in total. The van der Waals surface area contributed by atoms with Crippen molar-refractivity contribution < 1.29 is 4.79 Å². The summed E-state index contributed by atoms with van der Waals surface area (Å²) in [5.41, 5.74) is 6.42. The van der Waals surface area contributed by atoms with E-state index in [0.717, 1.165) is 12.8 Å². The minimum absolute atomic E-state index is 0.255. The number of Topliss-reactive ketones (excluding diaryl/α,β-unsaturated/α-hetero) is 1. The lowest BCUT2D eigenvalue weighted by atomic mass is 9.71. The zero-order chi connectivity index (χ0) is 13.8. The normalized spacial score (nSPS) is 12.5. The molecule has 0 aliphatic carbocycles. The lowest BCUT2D eigenvalue weighted by Gasteiger charge is -2.37. The molecular weight excluding hydrogens is 222 g/mol. The smallest absolute Gasteiger partial charge is 0.140 e. The molecule has 0 aromatic heterocycles. The Morgan fingerprint density at radius 2 is 1.67 bits per heavy atom. The maximum Gasteiger partial charge on any atom is 0.140 e. The highest BCUT2D eigenvalue weighted by Gasteiger charge is 2.39. The predicted molar refractivity (Wildman–Crippen MR) is 76.4 cm³/mol. The first-order chi connectivity index (χ1) is 8.25. The van der Waals surface area contributed by atoms with Crippen molar-refractivity contribution in [1.29, 1.82) is 0 Å². The van der Waals surface area contributed by atoms with Crippen molar-refractivity contribution in [1.82, 2.24) is 0 Å². The van der Waals surface area contributed by atoms with Gasteiger partial charge in [0.2, 0.25) is 0 Å². The second-order valence-corrected chi connectivity index (χ2v) is 6.11. The van der Waals surface area contributed by atoms with E-state index in [9.17, 15) is 4.79 Å². The van der Waals surface area contributed by atoms with E-state index in [4.69, 9.17) is 5.73 Å². The van der Waals surface area contributed by atoms with Gasteiger partial charge in [0.25, 0.3) is 0 Å². The fourth-order valence-corrected chi connectivity index (χ4v) is 1.77. The summed E-state index contributed by atoms with van der Waals surface area (Å²) in [6, 6.07) is 10.3. The third kappa shape index (κ3) is 3.67. The number of carbonyl (C=O) groups excluding carboxylic acids is 1. The van der Waals surface area contributed by atoms with E-state index in [2.05, 4.69) is 12.1 Å². The van der Waals surface area contributed by atoms with Crippen LogP contribution in [-0.4, -0.2) is 11.3 Å². The van der Waals surface area contributed by atoms with Crippen LogP contribution in [0.3, 0.4) is 0 Å². The fourth-order valence-electron chi connectivity index (χ4n) is 1.77. The van der Waals surface area contributed by atoms with Gasteiger partial charge in [-0.1, -0.05) is 44.2 Å². The van der Waals surface area contributed by atoms with Gasteiger partial charge in [-0.15, -0.1) is 0 Å². The van der Waals surface area contributed by atoms with Crippen molar-refractivity contribution in [3.05, 3.63) is 35.9 Å². The first-order valence-corrected chi connectivity index (χ1v) is 6.61. The van der Waals surface area contributed by atoms with Crippen LogP contribution in [0.1, 0.15) is 46.1 Å². The molecule has 0 bridgehead atoms. The Hall–Kier alpha value is -1.15. The van der Waals surface area contributed by atoms with Gasteiger partial charge in [-0.05, 0) is 32.3 Å². The van der Waals surface area contributed by atoms with Crippen LogP contribution < -0.4 is 5.73 Å². The van der Waals surface area contributed by atoms with Gasteiger partial charge in [0, 0.05) is 17.4 Å². The van der Waals surface area contributed by atoms with Crippen LogP contribution >= 0.6 is 0 Å². The second-order valence-electron chi connectivity index (χ2n) is 6.11. The molecule has 1 rings (SSSR count). The minimum atomic E-state index is -0.475. The number of aryl methyl sites for hydroxylation is 1. The van der Waals surface area contributed by atoms with E-state index in [1.54, 1.807) is 0 Å². The molecule has 0 amide bonds. The van der Waals surface area contributed by atoms with Gasteiger partial charge in [-0.3, -0.25) is 4.79 Å². The van der Waals surface area contributed by atoms with Crippen LogP contribution in [0.15, 0.2) is 30.3 Å². The average molecular weight is 247 g/mol. The summed E-state index contributed by atoms with van der Waals surface area (Å²) in [7, 11) is 0. The van der Waals surface area contributed by atoms with Gasteiger partial charge >= 0.3 is 0 Å². The lowest BCUT2D eigenvalue weighted by Crippen LogP contribution is -2.51. The van der Waals surface area contributed by atoms with E-state index < -0.39 is 11.0 Å². The quantitative estimate of drug-likeness (QED) is 0.837. The highest BCUT2D eigenvalue weighted by atomic mass is 16.1. The maximum atomic E-state index is 12.2. The molecule has 0 radical (unpaired) electrons. The van der Waals surface area contributed by atoms with Gasteiger partial charge in [0.05, 0.1) is 0 Å². The number of hydrogen-bond acceptors (Lipinski definition) is 2. The van der Waals surface area contributed by atoms with E-state index in [-0.39, 0.29) is 5.78 Å². The monoisotopic (exact) mass is 247 g/mol. The van der Waals surface area contributed by atoms with Crippen LogP contribution in [0, 0.1) is 5.41 Å². The minimum Gasteiger partial charge on any atom is -0.325 e. The Labute approximate surface area is 111 Å². The molecule has 0 aliphatic heterocycles. The number of ketones is 1. The maximum absolute atomic E-state index is 12.2. The molecule has 2 N–H and O–H groups in total. The number of nitrogens with two attached hydrogens (primary N) is 1. The fraction of sp³-hybridized carbons (Fsp3) is 0.562. The zero-order valence-corrected chi connectivity index (χ0v) is 12.0. The Balaban J connectivity index is 2.48. The molecule has 18 heavy (non-hydrogen) atoms. The van der Waals surface area contributed by atoms with E-state index >= 15 is 0 Å². The van der Waals surface area contributed by atoms with Crippen molar-refractivity contribution in [3.63, 3.8) is 0 Å². The highest BCUT2D eigenvalue weighted by molar-refractivity contribution is 5.85. The summed E-state index contributed by atoms with van der Waals surface area (Å²) in [5.74, 6) is 0.255. The summed E-state index contributed by atoms with van der Waals surface area (Å²) in [5, 5.41) is 0.